The maximum Gasteiger partial charge on any atom is 0.150 e. The van der Waals surface area contributed by atoms with E-state index in [9.17, 15) is 17.9 Å². The third-order valence-electron chi connectivity index (χ3n) is 3.66. The molecule has 2 atom stereocenters. The van der Waals surface area contributed by atoms with E-state index in [1.165, 1.54) is 18.2 Å². The maximum absolute atomic E-state index is 13.2. The van der Waals surface area contributed by atoms with E-state index in [1.807, 2.05) is 0 Å². The SMILES string of the molecule is O=S1(=O)CCC(C(CO)Cc2cc(F)ccc2Cl)C1. The third-order valence-corrected chi connectivity index (χ3v) is 5.82. The van der Waals surface area contributed by atoms with E-state index in [0.29, 0.717) is 23.4 Å². The van der Waals surface area contributed by atoms with Gasteiger partial charge in [0.1, 0.15) is 5.82 Å². The molecule has 2 unspecified atom stereocenters. The quantitative estimate of drug-likeness (QED) is 0.926. The summed E-state index contributed by atoms with van der Waals surface area (Å²) in [7, 11) is -2.98. The number of aliphatic hydroxyl groups is 1. The van der Waals surface area contributed by atoms with Crippen LogP contribution < -0.4 is 0 Å². The summed E-state index contributed by atoms with van der Waals surface area (Å²) < 4.78 is 36.1. The van der Waals surface area contributed by atoms with E-state index < -0.39 is 9.84 Å². The second kappa shape index (κ2) is 5.77. The Balaban J connectivity index is 2.13. The predicted molar refractivity (Wildman–Crippen MR) is 72.5 cm³/mol. The monoisotopic (exact) mass is 306 g/mol. The molecule has 19 heavy (non-hydrogen) atoms. The van der Waals surface area contributed by atoms with Gasteiger partial charge in [-0.25, -0.2) is 12.8 Å². The molecular formula is C13H16ClFO3S. The first kappa shape index (κ1) is 14.8. The number of halogens is 2. The second-order valence-electron chi connectivity index (χ2n) is 5.05. The van der Waals surface area contributed by atoms with Gasteiger partial charge in [-0.05, 0) is 48.4 Å². The van der Waals surface area contributed by atoms with Gasteiger partial charge in [-0.15, -0.1) is 0 Å². The topological polar surface area (TPSA) is 54.4 Å². The smallest absolute Gasteiger partial charge is 0.150 e. The van der Waals surface area contributed by atoms with Crippen LogP contribution in [-0.4, -0.2) is 31.6 Å². The second-order valence-corrected chi connectivity index (χ2v) is 7.68. The standard InChI is InChI=1S/C13H16ClFO3S/c14-13-2-1-12(15)6-10(13)5-11(7-16)9-3-4-19(17,18)8-9/h1-2,6,9,11,16H,3-5,7-8H2. The number of rotatable bonds is 4. The minimum atomic E-state index is -2.98. The number of aliphatic hydroxyl groups excluding tert-OH is 1. The fourth-order valence-corrected chi connectivity index (χ4v) is 4.67. The Kier molecular flexibility index (Phi) is 4.48. The van der Waals surface area contributed by atoms with Crippen molar-refractivity contribution in [2.24, 2.45) is 11.8 Å². The molecule has 3 nitrogen and oxygen atoms in total. The van der Waals surface area contributed by atoms with Crippen molar-refractivity contribution in [3.05, 3.63) is 34.6 Å². The van der Waals surface area contributed by atoms with Crippen LogP contribution in [0, 0.1) is 17.7 Å². The minimum absolute atomic E-state index is 0.0747. The summed E-state index contributed by atoms with van der Waals surface area (Å²) in [6.45, 7) is -0.118. The highest BCUT2D eigenvalue weighted by Crippen LogP contribution is 2.30. The van der Waals surface area contributed by atoms with Crippen molar-refractivity contribution in [1.29, 1.82) is 0 Å². The van der Waals surface area contributed by atoms with E-state index >= 15 is 0 Å². The highest BCUT2D eigenvalue weighted by atomic mass is 35.5. The van der Waals surface area contributed by atoms with Crippen LogP contribution in [0.4, 0.5) is 4.39 Å². The van der Waals surface area contributed by atoms with Gasteiger partial charge in [0, 0.05) is 11.6 Å². The van der Waals surface area contributed by atoms with Crippen LogP contribution in [0.15, 0.2) is 18.2 Å². The van der Waals surface area contributed by atoms with Crippen LogP contribution in [0.5, 0.6) is 0 Å². The Hall–Kier alpha value is -0.650. The van der Waals surface area contributed by atoms with Crippen LogP contribution >= 0.6 is 11.6 Å². The van der Waals surface area contributed by atoms with Crippen molar-refractivity contribution in [3.8, 4) is 0 Å². The van der Waals surface area contributed by atoms with Gasteiger partial charge >= 0.3 is 0 Å². The first-order valence-electron chi connectivity index (χ1n) is 6.16. The van der Waals surface area contributed by atoms with Gasteiger partial charge in [-0.1, -0.05) is 11.6 Å². The fraction of sp³-hybridized carbons (Fsp3) is 0.538. The van der Waals surface area contributed by atoms with E-state index in [0.717, 1.165) is 0 Å². The van der Waals surface area contributed by atoms with Gasteiger partial charge in [0.15, 0.2) is 9.84 Å². The lowest BCUT2D eigenvalue weighted by Crippen LogP contribution is -2.22. The summed E-state index contributed by atoms with van der Waals surface area (Å²) in [6.07, 6.45) is 0.952. The van der Waals surface area contributed by atoms with Crippen molar-refractivity contribution in [3.63, 3.8) is 0 Å². The summed E-state index contributed by atoms with van der Waals surface area (Å²) >= 11 is 5.99. The van der Waals surface area contributed by atoms with Gasteiger partial charge < -0.3 is 5.11 Å². The molecule has 1 aliphatic rings. The average molecular weight is 307 g/mol. The molecule has 1 heterocycles. The molecule has 0 amide bonds. The summed E-state index contributed by atoms with van der Waals surface area (Å²) in [6, 6.07) is 4.10. The number of hydrogen-bond donors (Lipinski definition) is 1. The lowest BCUT2D eigenvalue weighted by molar-refractivity contribution is 0.184. The van der Waals surface area contributed by atoms with Gasteiger partial charge in [0.25, 0.3) is 0 Å². The molecule has 106 valence electrons. The van der Waals surface area contributed by atoms with E-state index in [1.54, 1.807) is 0 Å². The molecule has 0 saturated carbocycles. The zero-order chi connectivity index (χ0) is 14.0. The van der Waals surface area contributed by atoms with Crippen molar-refractivity contribution < 1.29 is 17.9 Å². The number of sulfone groups is 1. The van der Waals surface area contributed by atoms with Gasteiger partial charge in [0.2, 0.25) is 0 Å². The largest absolute Gasteiger partial charge is 0.396 e. The number of benzene rings is 1. The van der Waals surface area contributed by atoms with Crippen molar-refractivity contribution in [1.82, 2.24) is 0 Å². The predicted octanol–water partition coefficient (Wildman–Crippen LogP) is 2.06. The molecule has 1 N–H and O–H groups in total. The van der Waals surface area contributed by atoms with Crippen molar-refractivity contribution in [2.75, 3.05) is 18.1 Å². The molecule has 1 aromatic carbocycles. The molecular weight excluding hydrogens is 291 g/mol. The van der Waals surface area contributed by atoms with Crippen molar-refractivity contribution in [2.45, 2.75) is 12.8 Å². The molecule has 6 heteroatoms. The molecule has 0 aliphatic carbocycles. The molecule has 2 rings (SSSR count). The Morgan fingerprint density at radius 3 is 2.79 bits per heavy atom. The molecule has 0 spiro atoms. The maximum atomic E-state index is 13.2. The Labute approximate surface area is 117 Å². The van der Waals surface area contributed by atoms with Crippen molar-refractivity contribution >= 4 is 21.4 Å². The summed E-state index contributed by atoms with van der Waals surface area (Å²) in [5, 5.41) is 9.89. The Morgan fingerprint density at radius 1 is 1.47 bits per heavy atom. The molecule has 0 bridgehead atoms. The molecule has 1 aliphatic heterocycles. The lowest BCUT2D eigenvalue weighted by Gasteiger charge is -2.20. The molecule has 1 aromatic rings. The van der Waals surface area contributed by atoms with Gasteiger partial charge in [0.05, 0.1) is 11.5 Å². The van der Waals surface area contributed by atoms with Crippen LogP contribution in [-0.2, 0) is 16.3 Å². The molecule has 1 saturated heterocycles. The van der Waals surface area contributed by atoms with Gasteiger partial charge in [-0.3, -0.25) is 0 Å². The zero-order valence-corrected chi connectivity index (χ0v) is 11.9. The fourth-order valence-electron chi connectivity index (χ4n) is 2.56. The summed E-state index contributed by atoms with van der Waals surface area (Å²) in [5.41, 5.74) is 0.616. The normalized spacial score (nSPS) is 23.4. The minimum Gasteiger partial charge on any atom is -0.396 e. The van der Waals surface area contributed by atoms with Crippen LogP contribution in [0.2, 0.25) is 5.02 Å². The van der Waals surface area contributed by atoms with E-state index in [-0.39, 0.29) is 35.8 Å². The van der Waals surface area contributed by atoms with Crippen LogP contribution in [0.1, 0.15) is 12.0 Å². The highest BCUT2D eigenvalue weighted by Gasteiger charge is 2.33. The lowest BCUT2D eigenvalue weighted by atomic mass is 9.87. The Morgan fingerprint density at radius 2 is 2.21 bits per heavy atom. The molecule has 1 fully saturated rings. The third kappa shape index (κ3) is 3.68. The molecule has 0 radical (unpaired) electrons. The summed E-state index contributed by atoms with van der Waals surface area (Å²) in [4.78, 5) is 0. The van der Waals surface area contributed by atoms with Crippen LogP contribution in [0.3, 0.4) is 0 Å². The van der Waals surface area contributed by atoms with E-state index in [2.05, 4.69) is 0 Å². The Bertz CT molecular complexity index is 559. The van der Waals surface area contributed by atoms with Crippen LogP contribution in [0.25, 0.3) is 0 Å². The highest BCUT2D eigenvalue weighted by molar-refractivity contribution is 7.91. The first-order chi connectivity index (χ1) is 8.91. The average Bonchev–Trinajstić information content (AvgIpc) is 2.70. The zero-order valence-electron chi connectivity index (χ0n) is 10.4. The van der Waals surface area contributed by atoms with E-state index in [4.69, 9.17) is 11.6 Å². The number of hydrogen-bond acceptors (Lipinski definition) is 3. The first-order valence-corrected chi connectivity index (χ1v) is 8.36. The van der Waals surface area contributed by atoms with Gasteiger partial charge in [-0.2, -0.15) is 0 Å². The summed E-state index contributed by atoms with van der Waals surface area (Å²) in [5.74, 6) is -0.378. The molecule has 0 aromatic heterocycles.